The third-order valence-corrected chi connectivity index (χ3v) is 9.15. The minimum Gasteiger partial charge on any atom is -0.460 e. The number of nitrogens with zero attached hydrogens (tertiary/aromatic N) is 2. The number of nitro groups is 1. The number of hydrogen-bond acceptors (Lipinski definition) is 8. The second kappa shape index (κ2) is 15.9. The van der Waals surface area contributed by atoms with Crippen molar-refractivity contribution in [2.45, 2.75) is 77.8 Å². The molecule has 7 atom stereocenters. The Hall–Kier alpha value is -5.04. The molecular formula is C36H45N5O8. The first-order chi connectivity index (χ1) is 23.2. The number of ether oxygens (including phenoxy) is 2. The number of carbonyl (C=O) groups is 4. The molecule has 0 aliphatic carbocycles. The van der Waals surface area contributed by atoms with Crippen LogP contribution in [0.5, 0.6) is 0 Å². The zero-order chi connectivity index (χ0) is 36.0. The van der Waals surface area contributed by atoms with Crippen LogP contribution in [0.1, 0.15) is 58.2 Å². The Morgan fingerprint density at radius 1 is 0.980 bits per heavy atom. The lowest BCUT2D eigenvalue weighted by Gasteiger charge is -2.33. The summed E-state index contributed by atoms with van der Waals surface area (Å²) < 4.78 is 11.5. The lowest BCUT2D eigenvalue weighted by atomic mass is 9.95. The molecule has 0 radical (unpaired) electrons. The summed E-state index contributed by atoms with van der Waals surface area (Å²) in [6.45, 7) is 8.86. The Morgan fingerprint density at radius 3 is 2.31 bits per heavy atom. The fourth-order valence-electron chi connectivity index (χ4n) is 6.13. The quantitative estimate of drug-likeness (QED) is 0.155. The van der Waals surface area contributed by atoms with Gasteiger partial charge >= 0.3 is 5.97 Å². The van der Waals surface area contributed by atoms with Gasteiger partial charge in [-0.1, -0.05) is 55.8 Å². The molecule has 0 spiro atoms. The normalized spacial score (nSPS) is 27.7. The molecule has 49 heavy (non-hydrogen) atoms. The maximum atomic E-state index is 14.4. The number of cyclic esters (lactones) is 1. The largest absolute Gasteiger partial charge is 0.460 e. The molecule has 1 aliphatic rings. The number of para-hydroxylation sites is 1. The Bertz CT molecular complexity index is 1720. The number of methoxy groups -OCH3 is 1. The number of fused-ring (bicyclic) bond motifs is 1. The van der Waals surface area contributed by atoms with Crippen LogP contribution in [0.2, 0.25) is 0 Å². The topological polar surface area (TPSA) is 173 Å². The number of carbonyl (C=O) groups excluding carboxylic acids is 4. The fraction of sp³-hybridized carbons (Fsp3) is 0.444. The summed E-state index contributed by atoms with van der Waals surface area (Å²) in [4.78, 5) is 70.5. The van der Waals surface area contributed by atoms with E-state index in [-0.39, 0.29) is 23.9 Å². The van der Waals surface area contributed by atoms with Crippen LogP contribution < -0.4 is 10.6 Å². The van der Waals surface area contributed by atoms with Crippen LogP contribution in [0.25, 0.3) is 10.9 Å². The first-order valence-electron chi connectivity index (χ1n) is 16.3. The third kappa shape index (κ3) is 8.71. The van der Waals surface area contributed by atoms with Crippen molar-refractivity contribution >= 4 is 40.3 Å². The van der Waals surface area contributed by atoms with Crippen LogP contribution in [0, 0.1) is 22.0 Å². The first kappa shape index (κ1) is 36.8. The fourth-order valence-corrected chi connectivity index (χ4v) is 6.13. The van der Waals surface area contributed by atoms with Crippen LogP contribution >= 0.6 is 0 Å². The predicted octanol–water partition coefficient (Wildman–Crippen LogP) is 4.38. The Labute approximate surface area is 285 Å². The number of esters is 1. The smallest absolute Gasteiger partial charge is 0.338 e. The van der Waals surface area contributed by atoms with Crippen LogP contribution in [-0.4, -0.2) is 76.9 Å². The monoisotopic (exact) mass is 675 g/mol. The second-order valence-corrected chi connectivity index (χ2v) is 12.9. The lowest BCUT2D eigenvalue weighted by molar-refractivity contribution is -0.384. The van der Waals surface area contributed by atoms with Crippen LogP contribution in [0.4, 0.5) is 5.69 Å². The summed E-state index contributed by atoms with van der Waals surface area (Å²) in [5, 5.41) is 18.0. The Kier molecular flexibility index (Phi) is 11.9. The highest BCUT2D eigenvalue weighted by Gasteiger charge is 2.38. The Balaban J connectivity index is 1.81. The van der Waals surface area contributed by atoms with E-state index >= 15 is 0 Å². The first-order valence-corrected chi connectivity index (χ1v) is 16.3. The summed E-state index contributed by atoms with van der Waals surface area (Å²) in [7, 11) is 2.80. The minimum absolute atomic E-state index is 0.0861. The molecule has 3 N–H and O–H groups in total. The lowest BCUT2D eigenvalue weighted by Crippen LogP contribution is -2.56. The summed E-state index contributed by atoms with van der Waals surface area (Å²) in [5.74, 6) is -2.87. The molecule has 4 rings (SSSR count). The van der Waals surface area contributed by atoms with E-state index in [0.717, 1.165) is 22.0 Å². The summed E-state index contributed by atoms with van der Waals surface area (Å²) >= 11 is 0. The number of benzene rings is 2. The van der Waals surface area contributed by atoms with Gasteiger partial charge in [-0.3, -0.25) is 24.5 Å². The van der Waals surface area contributed by atoms with Crippen molar-refractivity contribution in [1.82, 2.24) is 20.5 Å². The van der Waals surface area contributed by atoms with Gasteiger partial charge in [-0.25, -0.2) is 4.79 Å². The van der Waals surface area contributed by atoms with Gasteiger partial charge in [0.2, 0.25) is 17.7 Å². The van der Waals surface area contributed by atoms with Crippen molar-refractivity contribution in [1.29, 1.82) is 0 Å². The number of nitro benzene ring substituents is 1. The molecule has 3 aromatic rings. The van der Waals surface area contributed by atoms with E-state index in [1.807, 2.05) is 44.2 Å². The van der Waals surface area contributed by atoms with E-state index in [1.54, 1.807) is 27.0 Å². The van der Waals surface area contributed by atoms with Gasteiger partial charge in [-0.05, 0) is 44.4 Å². The van der Waals surface area contributed by atoms with Gasteiger partial charge in [-0.2, -0.15) is 0 Å². The van der Waals surface area contributed by atoms with Gasteiger partial charge in [0, 0.05) is 61.6 Å². The molecule has 3 amide bonds. The van der Waals surface area contributed by atoms with Gasteiger partial charge in [0.1, 0.15) is 18.2 Å². The SMILES string of the molecule is COC1C(=O)OC(C)C(C)/C=C(\C)CC(C)C(=O)NC(C)C(=O)N(C)C(Cc2c[nH]c3ccccc23)C(=O)NC1c1ccc([N+](=O)[O-])cc1. The average Bonchev–Trinajstić information content (AvgIpc) is 3.48. The van der Waals surface area contributed by atoms with Crippen LogP contribution in [0.15, 0.2) is 66.4 Å². The molecule has 7 unspecified atom stereocenters. The second-order valence-electron chi connectivity index (χ2n) is 12.9. The number of aromatic nitrogens is 1. The van der Waals surface area contributed by atoms with Crippen molar-refractivity contribution < 1.29 is 33.6 Å². The molecule has 0 saturated carbocycles. The molecular weight excluding hydrogens is 630 g/mol. The van der Waals surface area contributed by atoms with Crippen molar-refractivity contribution in [2.75, 3.05) is 14.2 Å². The molecule has 13 heteroatoms. The number of H-pyrrole nitrogens is 1. The molecule has 13 nitrogen and oxygen atoms in total. The molecule has 2 heterocycles. The van der Waals surface area contributed by atoms with E-state index in [0.29, 0.717) is 12.0 Å². The van der Waals surface area contributed by atoms with Crippen molar-refractivity contribution in [2.24, 2.45) is 11.8 Å². The van der Waals surface area contributed by atoms with E-state index in [2.05, 4.69) is 15.6 Å². The number of amides is 3. The van der Waals surface area contributed by atoms with Gasteiger partial charge in [0.05, 0.1) is 11.0 Å². The molecule has 1 aliphatic heterocycles. The standard InChI is InChI=1S/C36H45N5O8/c1-20-16-21(2)24(5)49-36(45)32(48-7)31(25-12-14-27(15-13-25)41(46)47)39-34(43)30(18-26-19-37-29-11-9-8-10-28(26)29)40(6)35(44)23(4)38-33(42)22(3)17-20/h8-16,19,21-24,30-32,37H,17-18H2,1-7H3,(H,38,42)(H,39,43)/b20-16+. The van der Waals surface area contributed by atoms with E-state index in [4.69, 9.17) is 9.47 Å². The zero-order valence-corrected chi connectivity index (χ0v) is 28.9. The predicted molar refractivity (Wildman–Crippen MR) is 183 cm³/mol. The number of hydrogen-bond donors (Lipinski definition) is 3. The van der Waals surface area contributed by atoms with E-state index in [1.165, 1.54) is 43.3 Å². The number of nitrogens with one attached hydrogen (secondary N) is 3. The van der Waals surface area contributed by atoms with Crippen LogP contribution in [-0.2, 0) is 35.1 Å². The van der Waals surface area contributed by atoms with E-state index < -0.39 is 59.0 Å². The van der Waals surface area contributed by atoms with Gasteiger partial charge in [0.25, 0.3) is 5.69 Å². The highest BCUT2D eigenvalue weighted by Crippen LogP contribution is 2.27. The van der Waals surface area contributed by atoms with Gasteiger partial charge < -0.3 is 30.0 Å². The Morgan fingerprint density at radius 2 is 1.65 bits per heavy atom. The zero-order valence-electron chi connectivity index (χ0n) is 28.9. The molecule has 0 fully saturated rings. The highest BCUT2D eigenvalue weighted by molar-refractivity contribution is 5.93. The number of aromatic amines is 1. The maximum absolute atomic E-state index is 14.4. The molecule has 1 aromatic heterocycles. The number of likely N-dealkylation sites (N-methyl/N-ethyl adjacent to an activating group) is 1. The summed E-state index contributed by atoms with van der Waals surface area (Å²) in [6.07, 6.45) is 2.26. The minimum atomic E-state index is -1.35. The molecule has 2 aromatic carbocycles. The number of rotatable bonds is 5. The third-order valence-electron chi connectivity index (χ3n) is 9.15. The highest BCUT2D eigenvalue weighted by atomic mass is 16.6. The number of allylic oxidation sites excluding steroid dienone is 1. The maximum Gasteiger partial charge on any atom is 0.338 e. The summed E-state index contributed by atoms with van der Waals surface area (Å²) in [5.41, 5.74) is 2.70. The summed E-state index contributed by atoms with van der Waals surface area (Å²) in [6, 6.07) is 9.76. The van der Waals surface area contributed by atoms with Crippen molar-refractivity contribution in [3.63, 3.8) is 0 Å². The number of non-ortho nitro benzene ring substituents is 1. The molecule has 0 saturated heterocycles. The van der Waals surface area contributed by atoms with Gasteiger partial charge in [-0.15, -0.1) is 0 Å². The van der Waals surface area contributed by atoms with E-state index in [9.17, 15) is 29.3 Å². The molecule has 0 bridgehead atoms. The van der Waals surface area contributed by atoms with Gasteiger partial charge in [0.15, 0.2) is 6.10 Å². The van der Waals surface area contributed by atoms with Crippen LogP contribution in [0.3, 0.4) is 0 Å². The molecule has 262 valence electrons. The van der Waals surface area contributed by atoms with Crippen molar-refractivity contribution in [3.8, 4) is 0 Å². The van der Waals surface area contributed by atoms with Crippen molar-refractivity contribution in [3.05, 3.63) is 87.6 Å². The average molecular weight is 676 g/mol.